The van der Waals surface area contributed by atoms with E-state index in [1.807, 2.05) is 23.6 Å². The standard InChI is InChI=1S/C21H20Cl2N2O3S/c22-14-5-7-17(18(23)11-14)19-13-29-21(24-19)25(12-16-4-2-10-28-16)20(26)8-6-15-3-1-9-27-15/h1,3,5,7,9,11,13,16H,2,4,6,8,10,12H2. The van der Waals surface area contributed by atoms with E-state index in [-0.39, 0.29) is 12.0 Å². The minimum Gasteiger partial charge on any atom is -0.469 e. The van der Waals surface area contributed by atoms with Crippen molar-refractivity contribution in [2.24, 2.45) is 0 Å². The number of halogens is 2. The summed E-state index contributed by atoms with van der Waals surface area (Å²) in [6, 6.07) is 9.01. The number of thiazole rings is 1. The monoisotopic (exact) mass is 450 g/mol. The van der Waals surface area contributed by atoms with Crippen molar-refractivity contribution >= 4 is 45.6 Å². The minimum absolute atomic E-state index is 0.00000283. The van der Waals surface area contributed by atoms with E-state index in [0.29, 0.717) is 34.6 Å². The smallest absolute Gasteiger partial charge is 0.229 e. The van der Waals surface area contributed by atoms with Crippen LogP contribution in [-0.4, -0.2) is 30.1 Å². The number of aromatic nitrogens is 1. The molecule has 0 bridgehead atoms. The molecule has 1 aliphatic heterocycles. The summed E-state index contributed by atoms with van der Waals surface area (Å²) in [5.74, 6) is 0.795. The molecule has 1 unspecified atom stereocenters. The van der Waals surface area contributed by atoms with Gasteiger partial charge >= 0.3 is 0 Å². The summed E-state index contributed by atoms with van der Waals surface area (Å²) >= 11 is 13.7. The van der Waals surface area contributed by atoms with Crippen LogP contribution in [0.5, 0.6) is 0 Å². The van der Waals surface area contributed by atoms with E-state index in [9.17, 15) is 4.79 Å². The zero-order valence-corrected chi connectivity index (χ0v) is 18.0. The van der Waals surface area contributed by atoms with Crippen molar-refractivity contribution in [1.82, 2.24) is 4.98 Å². The Morgan fingerprint density at radius 1 is 1.31 bits per heavy atom. The Morgan fingerprint density at radius 2 is 2.21 bits per heavy atom. The maximum atomic E-state index is 13.0. The van der Waals surface area contributed by atoms with Gasteiger partial charge in [-0.2, -0.15) is 0 Å². The second-order valence-corrected chi connectivity index (χ2v) is 8.54. The average Bonchev–Trinajstić information content (AvgIpc) is 3.47. The van der Waals surface area contributed by atoms with Crippen LogP contribution in [0.25, 0.3) is 11.3 Å². The molecule has 1 atom stereocenters. The third-order valence-corrected chi connectivity index (χ3v) is 6.22. The highest BCUT2D eigenvalue weighted by Crippen LogP contribution is 2.34. The second-order valence-electron chi connectivity index (χ2n) is 6.86. The van der Waals surface area contributed by atoms with Crippen LogP contribution in [-0.2, 0) is 16.0 Å². The summed E-state index contributed by atoms with van der Waals surface area (Å²) in [5, 5.41) is 3.66. The summed E-state index contributed by atoms with van der Waals surface area (Å²) in [6.07, 6.45) is 4.51. The fourth-order valence-electron chi connectivity index (χ4n) is 3.31. The molecule has 0 N–H and O–H groups in total. The molecule has 0 spiro atoms. The molecular weight excluding hydrogens is 431 g/mol. The Morgan fingerprint density at radius 3 is 2.93 bits per heavy atom. The van der Waals surface area contributed by atoms with E-state index in [4.69, 9.17) is 37.3 Å². The summed E-state index contributed by atoms with van der Waals surface area (Å²) in [4.78, 5) is 19.5. The van der Waals surface area contributed by atoms with Crippen molar-refractivity contribution < 1.29 is 13.9 Å². The average molecular weight is 451 g/mol. The van der Waals surface area contributed by atoms with E-state index in [1.165, 1.54) is 11.3 Å². The first-order chi connectivity index (χ1) is 14.1. The molecule has 4 rings (SSSR count). The van der Waals surface area contributed by atoms with Crippen molar-refractivity contribution in [2.75, 3.05) is 18.1 Å². The number of ether oxygens (including phenoxy) is 1. The van der Waals surface area contributed by atoms with Crippen LogP contribution in [0.2, 0.25) is 10.0 Å². The van der Waals surface area contributed by atoms with Gasteiger partial charge in [-0.1, -0.05) is 23.2 Å². The normalized spacial score (nSPS) is 16.3. The first-order valence-electron chi connectivity index (χ1n) is 9.45. The van der Waals surface area contributed by atoms with E-state index >= 15 is 0 Å². The molecular formula is C21H20Cl2N2O3S. The Kier molecular flexibility index (Phi) is 6.55. The Labute approximate surface area is 183 Å². The fourth-order valence-corrected chi connectivity index (χ4v) is 4.66. The minimum atomic E-state index is 0.00000283. The van der Waals surface area contributed by atoms with E-state index < -0.39 is 0 Å². The molecule has 152 valence electrons. The first kappa shape index (κ1) is 20.4. The predicted octanol–water partition coefficient (Wildman–Crippen LogP) is 5.85. The number of nitrogens with zero attached hydrogens (tertiary/aromatic N) is 2. The molecule has 3 heterocycles. The summed E-state index contributed by atoms with van der Waals surface area (Å²) in [5.41, 5.74) is 1.52. The number of anilines is 1. The lowest BCUT2D eigenvalue weighted by atomic mass is 10.2. The zero-order valence-electron chi connectivity index (χ0n) is 15.6. The molecule has 8 heteroatoms. The highest BCUT2D eigenvalue weighted by atomic mass is 35.5. The molecule has 0 saturated carbocycles. The quantitative estimate of drug-likeness (QED) is 0.452. The molecule has 0 aliphatic carbocycles. The van der Waals surface area contributed by atoms with Crippen LogP contribution in [0, 0.1) is 0 Å². The molecule has 1 aromatic carbocycles. The van der Waals surface area contributed by atoms with Crippen molar-refractivity contribution in [1.29, 1.82) is 0 Å². The largest absolute Gasteiger partial charge is 0.469 e. The van der Waals surface area contributed by atoms with E-state index in [2.05, 4.69) is 0 Å². The highest BCUT2D eigenvalue weighted by molar-refractivity contribution is 7.14. The molecule has 1 aliphatic rings. The lowest BCUT2D eigenvalue weighted by Crippen LogP contribution is -2.37. The molecule has 3 aromatic rings. The van der Waals surface area contributed by atoms with Gasteiger partial charge in [-0.25, -0.2) is 4.98 Å². The number of aryl methyl sites for hydroxylation is 1. The number of hydrogen-bond acceptors (Lipinski definition) is 5. The van der Waals surface area contributed by atoms with E-state index in [1.54, 1.807) is 23.3 Å². The van der Waals surface area contributed by atoms with Crippen LogP contribution < -0.4 is 4.90 Å². The first-order valence-corrected chi connectivity index (χ1v) is 11.1. The van der Waals surface area contributed by atoms with Crippen LogP contribution in [0.1, 0.15) is 25.0 Å². The van der Waals surface area contributed by atoms with Crippen molar-refractivity contribution in [3.8, 4) is 11.3 Å². The van der Waals surface area contributed by atoms with Gasteiger partial charge in [0, 0.05) is 35.4 Å². The number of carbonyl (C=O) groups is 1. The molecule has 1 fully saturated rings. The van der Waals surface area contributed by atoms with Gasteiger partial charge in [0.1, 0.15) is 5.76 Å². The number of furan rings is 1. The molecule has 29 heavy (non-hydrogen) atoms. The molecule has 0 radical (unpaired) electrons. The number of amides is 1. The zero-order chi connectivity index (χ0) is 20.2. The number of hydrogen-bond donors (Lipinski definition) is 0. The number of benzene rings is 1. The van der Waals surface area contributed by atoms with Crippen LogP contribution >= 0.6 is 34.5 Å². The van der Waals surface area contributed by atoms with Crippen molar-refractivity contribution in [3.05, 3.63) is 57.8 Å². The highest BCUT2D eigenvalue weighted by Gasteiger charge is 2.26. The third-order valence-electron chi connectivity index (χ3n) is 4.81. The third kappa shape index (κ3) is 5.01. The van der Waals surface area contributed by atoms with Gasteiger partial charge in [0.15, 0.2) is 5.13 Å². The van der Waals surface area contributed by atoms with Gasteiger partial charge in [0.2, 0.25) is 5.91 Å². The molecule has 2 aromatic heterocycles. The van der Waals surface area contributed by atoms with Gasteiger partial charge in [-0.05, 0) is 43.2 Å². The lowest BCUT2D eigenvalue weighted by molar-refractivity contribution is -0.119. The van der Waals surface area contributed by atoms with Gasteiger partial charge in [-0.3, -0.25) is 9.69 Å². The topological polar surface area (TPSA) is 55.6 Å². The van der Waals surface area contributed by atoms with Gasteiger partial charge in [-0.15, -0.1) is 11.3 Å². The summed E-state index contributed by atoms with van der Waals surface area (Å²) < 4.78 is 11.1. The maximum absolute atomic E-state index is 13.0. The second kappa shape index (κ2) is 9.30. The fraction of sp³-hybridized carbons (Fsp3) is 0.333. The van der Waals surface area contributed by atoms with Crippen molar-refractivity contribution in [3.63, 3.8) is 0 Å². The van der Waals surface area contributed by atoms with Crippen LogP contribution in [0.4, 0.5) is 5.13 Å². The summed E-state index contributed by atoms with van der Waals surface area (Å²) in [6.45, 7) is 1.24. The number of rotatable bonds is 7. The molecule has 1 saturated heterocycles. The number of carbonyl (C=O) groups excluding carboxylic acids is 1. The van der Waals surface area contributed by atoms with Gasteiger partial charge < -0.3 is 9.15 Å². The predicted molar refractivity (Wildman–Crippen MR) is 116 cm³/mol. The Bertz CT molecular complexity index is 968. The molecule has 1 amide bonds. The Hall–Kier alpha value is -1.86. The Balaban J connectivity index is 1.55. The summed E-state index contributed by atoms with van der Waals surface area (Å²) in [7, 11) is 0. The lowest BCUT2D eigenvalue weighted by Gasteiger charge is -2.23. The van der Waals surface area contributed by atoms with Gasteiger partial charge in [0.05, 0.1) is 29.6 Å². The van der Waals surface area contributed by atoms with Crippen LogP contribution in [0.15, 0.2) is 46.4 Å². The maximum Gasteiger partial charge on any atom is 0.229 e. The van der Waals surface area contributed by atoms with Gasteiger partial charge in [0.25, 0.3) is 0 Å². The van der Waals surface area contributed by atoms with Crippen molar-refractivity contribution in [2.45, 2.75) is 31.8 Å². The van der Waals surface area contributed by atoms with Crippen LogP contribution in [0.3, 0.4) is 0 Å². The SMILES string of the molecule is O=C(CCc1ccco1)N(CC1CCCO1)c1nc(-c2ccc(Cl)cc2Cl)cs1. The van der Waals surface area contributed by atoms with E-state index in [0.717, 1.165) is 36.5 Å². The molecule has 5 nitrogen and oxygen atoms in total.